The van der Waals surface area contributed by atoms with E-state index in [-0.39, 0.29) is 31.1 Å². The van der Waals surface area contributed by atoms with E-state index in [1.54, 1.807) is 0 Å². The lowest BCUT2D eigenvalue weighted by Crippen LogP contribution is -2.30. The zero-order chi connectivity index (χ0) is 57.1. The first kappa shape index (κ1) is 75.3. The summed E-state index contributed by atoms with van der Waals surface area (Å²) in [7, 11) is 0. The summed E-state index contributed by atoms with van der Waals surface area (Å²) in [6.07, 6.45) is 90.0. The van der Waals surface area contributed by atoms with Crippen LogP contribution in [0.25, 0.3) is 0 Å². The Morgan fingerprint density at radius 1 is 0.266 bits per heavy atom. The fourth-order valence-electron chi connectivity index (χ4n) is 9.60. The van der Waals surface area contributed by atoms with Crippen molar-refractivity contribution in [3.63, 3.8) is 0 Å². The van der Waals surface area contributed by atoms with Gasteiger partial charge in [-0.25, -0.2) is 0 Å². The smallest absolute Gasteiger partial charge is 0.306 e. The SMILES string of the molecule is CC/C=C\C/C=C\C/C=C\C/C=C\C/C=C\CCCCCCCCCCCCCC(=O)OCC(COC(=O)CCCCC/C=C\C/C=C\C/C=C\CC)OC(=O)CCCCCCCCCCCCCCCCCCCCCCC. The monoisotopic (exact) mass is 1100 g/mol. The third kappa shape index (κ3) is 65.0. The summed E-state index contributed by atoms with van der Waals surface area (Å²) in [6, 6.07) is 0. The van der Waals surface area contributed by atoms with Crippen molar-refractivity contribution in [2.24, 2.45) is 0 Å². The standard InChI is InChI=1S/C73H126O6/c1-4-7-10-13-16-19-22-25-27-29-31-33-34-35-36-37-38-40-41-43-45-48-51-54-57-60-63-66-72(75)78-69-70(68-77-71(74)65-62-59-56-53-50-47-24-21-18-15-12-9-6-3)79-73(76)67-64-61-58-55-52-49-46-44-42-39-32-30-28-26-23-20-17-14-11-8-5-2/h7,9-10,12,16,18-19,21,25,27,31,33,35-36,47,50,70H,4-6,8,11,13-15,17,20,22-24,26,28-30,32,34,37-46,48-49,51-69H2,1-3H3/b10-7-,12-9-,19-16-,21-18-,27-25-,33-31-,36-35-,50-47-. The fourth-order valence-corrected chi connectivity index (χ4v) is 9.60. The molecule has 1 atom stereocenters. The zero-order valence-electron chi connectivity index (χ0n) is 52.1. The largest absolute Gasteiger partial charge is 0.462 e. The normalized spacial score (nSPS) is 12.7. The van der Waals surface area contributed by atoms with Gasteiger partial charge in [-0.05, 0) is 96.3 Å². The first-order chi connectivity index (χ1) is 39.0. The zero-order valence-corrected chi connectivity index (χ0v) is 52.1. The van der Waals surface area contributed by atoms with Crippen molar-refractivity contribution in [1.29, 1.82) is 0 Å². The molecule has 0 amide bonds. The van der Waals surface area contributed by atoms with Gasteiger partial charge in [0.1, 0.15) is 13.2 Å². The lowest BCUT2D eigenvalue weighted by Gasteiger charge is -2.18. The van der Waals surface area contributed by atoms with Crippen molar-refractivity contribution >= 4 is 17.9 Å². The quantitative estimate of drug-likeness (QED) is 0.0261. The second-order valence-electron chi connectivity index (χ2n) is 22.3. The highest BCUT2D eigenvalue weighted by atomic mass is 16.6. The Labute approximate surface area is 489 Å². The Bertz CT molecular complexity index is 1540. The molecule has 0 N–H and O–H groups in total. The molecule has 79 heavy (non-hydrogen) atoms. The van der Waals surface area contributed by atoms with Gasteiger partial charge in [-0.15, -0.1) is 0 Å². The number of hydrogen-bond donors (Lipinski definition) is 0. The molecule has 0 aliphatic heterocycles. The van der Waals surface area contributed by atoms with E-state index in [0.717, 1.165) is 116 Å². The molecule has 0 heterocycles. The molecule has 0 bridgehead atoms. The van der Waals surface area contributed by atoms with E-state index in [1.807, 2.05) is 0 Å². The summed E-state index contributed by atoms with van der Waals surface area (Å²) in [5, 5.41) is 0. The summed E-state index contributed by atoms with van der Waals surface area (Å²) in [4.78, 5) is 38.4. The molecule has 0 fully saturated rings. The summed E-state index contributed by atoms with van der Waals surface area (Å²) < 4.78 is 16.9. The Morgan fingerprint density at radius 3 is 0.785 bits per heavy atom. The van der Waals surface area contributed by atoms with Crippen molar-refractivity contribution in [3.8, 4) is 0 Å². The number of carbonyl (C=O) groups is 3. The van der Waals surface area contributed by atoms with Gasteiger partial charge in [0.05, 0.1) is 0 Å². The van der Waals surface area contributed by atoms with Crippen molar-refractivity contribution in [1.82, 2.24) is 0 Å². The van der Waals surface area contributed by atoms with Crippen molar-refractivity contribution < 1.29 is 28.6 Å². The maximum atomic E-state index is 12.9. The van der Waals surface area contributed by atoms with Gasteiger partial charge in [0.2, 0.25) is 0 Å². The van der Waals surface area contributed by atoms with Gasteiger partial charge in [0, 0.05) is 19.3 Å². The molecule has 1 unspecified atom stereocenters. The van der Waals surface area contributed by atoms with Crippen LogP contribution in [0, 0.1) is 0 Å². The first-order valence-corrected chi connectivity index (χ1v) is 33.7. The van der Waals surface area contributed by atoms with Gasteiger partial charge in [0.15, 0.2) is 6.10 Å². The molecule has 0 aliphatic carbocycles. The van der Waals surface area contributed by atoms with Gasteiger partial charge in [0.25, 0.3) is 0 Å². The Morgan fingerprint density at radius 2 is 0.494 bits per heavy atom. The summed E-state index contributed by atoms with van der Waals surface area (Å²) in [6.45, 7) is 6.43. The van der Waals surface area contributed by atoms with Crippen LogP contribution in [0.15, 0.2) is 97.2 Å². The summed E-state index contributed by atoms with van der Waals surface area (Å²) in [5.74, 6) is -0.904. The lowest BCUT2D eigenvalue weighted by molar-refractivity contribution is -0.167. The summed E-state index contributed by atoms with van der Waals surface area (Å²) in [5.41, 5.74) is 0. The molecule has 0 aromatic heterocycles. The molecule has 0 aromatic carbocycles. The van der Waals surface area contributed by atoms with Crippen LogP contribution in [-0.4, -0.2) is 37.2 Å². The van der Waals surface area contributed by atoms with Gasteiger partial charge >= 0.3 is 17.9 Å². The molecule has 0 aromatic rings. The Hall–Kier alpha value is -3.67. The van der Waals surface area contributed by atoms with E-state index < -0.39 is 6.10 Å². The van der Waals surface area contributed by atoms with Crippen molar-refractivity contribution in [3.05, 3.63) is 97.2 Å². The van der Waals surface area contributed by atoms with Gasteiger partial charge in [-0.3, -0.25) is 14.4 Å². The second kappa shape index (κ2) is 66.8. The number of hydrogen-bond acceptors (Lipinski definition) is 6. The van der Waals surface area contributed by atoms with E-state index in [9.17, 15) is 14.4 Å². The Kier molecular flexibility index (Phi) is 63.7. The molecule has 454 valence electrons. The molecule has 6 heteroatoms. The highest BCUT2D eigenvalue weighted by Crippen LogP contribution is 2.17. The van der Waals surface area contributed by atoms with E-state index in [2.05, 4.69) is 118 Å². The average molecular weight is 1100 g/mol. The van der Waals surface area contributed by atoms with Crippen LogP contribution in [-0.2, 0) is 28.6 Å². The van der Waals surface area contributed by atoms with Gasteiger partial charge in [-0.1, -0.05) is 311 Å². The fraction of sp³-hybridized carbons (Fsp3) is 0.740. The lowest BCUT2D eigenvalue weighted by atomic mass is 10.0. The minimum absolute atomic E-state index is 0.0858. The Balaban J connectivity index is 4.29. The van der Waals surface area contributed by atoms with Gasteiger partial charge < -0.3 is 14.2 Å². The second-order valence-corrected chi connectivity index (χ2v) is 22.3. The van der Waals surface area contributed by atoms with Crippen LogP contribution >= 0.6 is 0 Å². The minimum Gasteiger partial charge on any atom is -0.462 e. The summed E-state index contributed by atoms with van der Waals surface area (Å²) >= 11 is 0. The van der Waals surface area contributed by atoms with Crippen LogP contribution in [0.5, 0.6) is 0 Å². The topological polar surface area (TPSA) is 78.9 Å². The van der Waals surface area contributed by atoms with Crippen LogP contribution in [0.1, 0.15) is 329 Å². The van der Waals surface area contributed by atoms with Crippen LogP contribution in [0.4, 0.5) is 0 Å². The van der Waals surface area contributed by atoms with Crippen molar-refractivity contribution in [2.75, 3.05) is 13.2 Å². The number of carbonyl (C=O) groups excluding carboxylic acids is 3. The maximum Gasteiger partial charge on any atom is 0.306 e. The first-order valence-electron chi connectivity index (χ1n) is 33.7. The highest BCUT2D eigenvalue weighted by Gasteiger charge is 2.19. The molecule has 6 nitrogen and oxygen atoms in total. The van der Waals surface area contributed by atoms with E-state index in [1.165, 1.54) is 173 Å². The third-order valence-corrected chi connectivity index (χ3v) is 14.6. The molecule has 0 spiro atoms. The van der Waals surface area contributed by atoms with Crippen LogP contribution in [0.3, 0.4) is 0 Å². The molecular weight excluding hydrogens is 973 g/mol. The third-order valence-electron chi connectivity index (χ3n) is 14.6. The van der Waals surface area contributed by atoms with E-state index in [0.29, 0.717) is 19.3 Å². The molecule has 0 rings (SSSR count). The van der Waals surface area contributed by atoms with Crippen LogP contribution in [0.2, 0.25) is 0 Å². The highest BCUT2D eigenvalue weighted by molar-refractivity contribution is 5.71. The number of unbranched alkanes of at least 4 members (excludes halogenated alkanes) is 34. The molecule has 0 saturated carbocycles. The molecule has 0 radical (unpaired) electrons. The molecule has 0 saturated heterocycles. The average Bonchev–Trinajstić information content (AvgIpc) is 3.45. The molecular formula is C73H126O6. The minimum atomic E-state index is -0.791. The van der Waals surface area contributed by atoms with Crippen molar-refractivity contribution in [2.45, 2.75) is 335 Å². The number of rotatable bonds is 61. The van der Waals surface area contributed by atoms with E-state index in [4.69, 9.17) is 14.2 Å². The number of allylic oxidation sites excluding steroid dienone is 16. The number of esters is 3. The predicted octanol–water partition coefficient (Wildman–Crippen LogP) is 23.2. The predicted molar refractivity (Wildman–Crippen MR) is 344 cm³/mol. The van der Waals surface area contributed by atoms with Crippen LogP contribution < -0.4 is 0 Å². The number of ether oxygens (including phenoxy) is 3. The maximum absolute atomic E-state index is 12.9. The van der Waals surface area contributed by atoms with E-state index >= 15 is 0 Å². The molecule has 0 aliphatic rings. The van der Waals surface area contributed by atoms with Gasteiger partial charge in [-0.2, -0.15) is 0 Å².